The van der Waals surface area contributed by atoms with Crippen LogP contribution in [0.3, 0.4) is 0 Å². The van der Waals surface area contributed by atoms with Crippen LogP contribution in [0.15, 0.2) is 42.5 Å². The molecule has 0 saturated carbocycles. The second-order valence-corrected chi connectivity index (χ2v) is 6.19. The Labute approximate surface area is 169 Å². The van der Waals surface area contributed by atoms with Crippen LogP contribution in [-0.2, 0) is 25.5 Å². The van der Waals surface area contributed by atoms with Crippen molar-refractivity contribution in [3.63, 3.8) is 0 Å². The quantitative estimate of drug-likeness (QED) is 0.628. The van der Waals surface area contributed by atoms with Gasteiger partial charge in [0, 0.05) is 30.8 Å². The number of hydrogen-bond donors (Lipinski definition) is 2. The summed E-state index contributed by atoms with van der Waals surface area (Å²) >= 11 is 0. The van der Waals surface area contributed by atoms with Crippen LogP contribution in [0.25, 0.3) is 0 Å². The van der Waals surface area contributed by atoms with E-state index < -0.39 is 11.9 Å². The monoisotopic (exact) mass is 400 g/mol. The summed E-state index contributed by atoms with van der Waals surface area (Å²) in [5.41, 5.74) is 2.02. The Morgan fingerprint density at radius 3 is 1.93 bits per heavy atom. The SMILES string of the molecule is COc1cc(CCC(=O)OCC(=O)Nc2ccc(NC(C)=O)cc2)cc(OC)c1. The largest absolute Gasteiger partial charge is 0.497 e. The molecule has 0 fully saturated rings. The Balaban J connectivity index is 1.77. The second-order valence-electron chi connectivity index (χ2n) is 6.19. The van der Waals surface area contributed by atoms with E-state index in [2.05, 4.69) is 10.6 Å². The molecule has 0 aliphatic heterocycles. The van der Waals surface area contributed by atoms with Crippen molar-refractivity contribution in [1.29, 1.82) is 0 Å². The van der Waals surface area contributed by atoms with Crippen molar-refractivity contribution in [3.05, 3.63) is 48.0 Å². The van der Waals surface area contributed by atoms with Gasteiger partial charge in [-0.15, -0.1) is 0 Å². The fraction of sp³-hybridized carbons (Fsp3) is 0.286. The molecular weight excluding hydrogens is 376 g/mol. The van der Waals surface area contributed by atoms with Crippen molar-refractivity contribution in [3.8, 4) is 11.5 Å². The van der Waals surface area contributed by atoms with E-state index >= 15 is 0 Å². The van der Waals surface area contributed by atoms with Crippen molar-refractivity contribution in [2.24, 2.45) is 0 Å². The maximum absolute atomic E-state index is 11.9. The highest BCUT2D eigenvalue weighted by Crippen LogP contribution is 2.23. The molecule has 0 saturated heterocycles. The number of carbonyl (C=O) groups excluding carboxylic acids is 3. The summed E-state index contributed by atoms with van der Waals surface area (Å²) in [6, 6.07) is 12.0. The van der Waals surface area contributed by atoms with E-state index in [9.17, 15) is 14.4 Å². The number of amides is 2. The van der Waals surface area contributed by atoms with Gasteiger partial charge in [0.2, 0.25) is 5.91 Å². The topological polar surface area (TPSA) is 103 Å². The summed E-state index contributed by atoms with van der Waals surface area (Å²) in [6.07, 6.45) is 0.549. The number of rotatable bonds is 9. The van der Waals surface area contributed by atoms with Gasteiger partial charge in [-0.2, -0.15) is 0 Å². The van der Waals surface area contributed by atoms with E-state index in [1.165, 1.54) is 6.92 Å². The molecule has 29 heavy (non-hydrogen) atoms. The van der Waals surface area contributed by atoms with Gasteiger partial charge in [-0.25, -0.2) is 0 Å². The summed E-state index contributed by atoms with van der Waals surface area (Å²) in [5.74, 6) is 0.158. The van der Waals surface area contributed by atoms with Gasteiger partial charge >= 0.3 is 5.97 Å². The Morgan fingerprint density at radius 1 is 0.862 bits per heavy atom. The number of aryl methyl sites for hydroxylation is 1. The third-order valence-electron chi connectivity index (χ3n) is 3.88. The number of nitrogens with one attached hydrogen (secondary N) is 2. The lowest BCUT2D eigenvalue weighted by Gasteiger charge is -2.09. The molecule has 2 aromatic carbocycles. The van der Waals surface area contributed by atoms with Crippen LogP contribution in [0, 0.1) is 0 Å². The zero-order valence-corrected chi connectivity index (χ0v) is 16.6. The highest BCUT2D eigenvalue weighted by Gasteiger charge is 2.10. The van der Waals surface area contributed by atoms with Gasteiger partial charge in [-0.05, 0) is 48.4 Å². The maximum atomic E-state index is 11.9. The Morgan fingerprint density at radius 2 is 1.41 bits per heavy atom. The van der Waals surface area contributed by atoms with Gasteiger partial charge in [0.05, 0.1) is 14.2 Å². The average Bonchev–Trinajstić information content (AvgIpc) is 2.71. The lowest BCUT2D eigenvalue weighted by Crippen LogP contribution is -2.21. The molecule has 0 unspecified atom stereocenters. The first-order chi connectivity index (χ1) is 13.9. The van der Waals surface area contributed by atoms with E-state index in [0.29, 0.717) is 29.3 Å². The summed E-state index contributed by atoms with van der Waals surface area (Å²) in [5, 5.41) is 5.25. The van der Waals surface area contributed by atoms with Crippen LogP contribution in [0.4, 0.5) is 11.4 Å². The molecule has 0 aliphatic rings. The van der Waals surface area contributed by atoms with Crippen molar-refractivity contribution in [2.75, 3.05) is 31.5 Å². The zero-order chi connectivity index (χ0) is 21.2. The normalized spacial score (nSPS) is 10.0. The van der Waals surface area contributed by atoms with Gasteiger partial charge in [-0.1, -0.05) is 0 Å². The third kappa shape index (κ3) is 7.53. The van der Waals surface area contributed by atoms with Crippen molar-refractivity contribution in [1.82, 2.24) is 0 Å². The van der Waals surface area contributed by atoms with E-state index in [1.807, 2.05) is 12.1 Å². The predicted octanol–water partition coefficient (Wildman–Crippen LogP) is 2.78. The molecule has 0 bridgehead atoms. The van der Waals surface area contributed by atoms with Crippen LogP contribution in [0.2, 0.25) is 0 Å². The molecule has 0 atom stereocenters. The minimum Gasteiger partial charge on any atom is -0.497 e. The van der Waals surface area contributed by atoms with Crippen LogP contribution < -0.4 is 20.1 Å². The fourth-order valence-electron chi connectivity index (χ4n) is 2.51. The van der Waals surface area contributed by atoms with Gasteiger partial charge in [0.25, 0.3) is 5.91 Å². The van der Waals surface area contributed by atoms with E-state index in [0.717, 1.165) is 5.56 Å². The minimum atomic E-state index is -0.483. The highest BCUT2D eigenvalue weighted by molar-refractivity contribution is 5.93. The molecule has 2 rings (SSSR count). The molecule has 2 N–H and O–H groups in total. The van der Waals surface area contributed by atoms with Gasteiger partial charge in [0.15, 0.2) is 6.61 Å². The first kappa shape index (κ1) is 21.7. The van der Waals surface area contributed by atoms with E-state index in [4.69, 9.17) is 14.2 Å². The number of esters is 1. The van der Waals surface area contributed by atoms with Crippen molar-refractivity contribution >= 4 is 29.2 Å². The minimum absolute atomic E-state index is 0.120. The van der Waals surface area contributed by atoms with Crippen molar-refractivity contribution in [2.45, 2.75) is 19.8 Å². The summed E-state index contributed by atoms with van der Waals surface area (Å²) in [4.78, 5) is 34.8. The molecule has 0 aromatic heterocycles. The smallest absolute Gasteiger partial charge is 0.306 e. The van der Waals surface area contributed by atoms with Gasteiger partial charge in [0.1, 0.15) is 11.5 Å². The Bertz CT molecular complexity index is 842. The van der Waals surface area contributed by atoms with E-state index in [-0.39, 0.29) is 18.9 Å². The number of benzene rings is 2. The molecule has 2 amide bonds. The van der Waals surface area contributed by atoms with Crippen LogP contribution in [0.5, 0.6) is 11.5 Å². The predicted molar refractivity (Wildman–Crippen MR) is 108 cm³/mol. The molecule has 0 spiro atoms. The number of anilines is 2. The first-order valence-corrected chi connectivity index (χ1v) is 8.94. The van der Waals surface area contributed by atoms with Gasteiger partial charge < -0.3 is 24.8 Å². The molecule has 8 nitrogen and oxygen atoms in total. The number of methoxy groups -OCH3 is 2. The van der Waals surface area contributed by atoms with Crippen molar-refractivity contribution < 1.29 is 28.6 Å². The fourth-order valence-corrected chi connectivity index (χ4v) is 2.51. The molecule has 0 heterocycles. The average molecular weight is 400 g/mol. The molecule has 8 heteroatoms. The standard InChI is InChI=1S/C21H24N2O6/c1-14(24)22-16-5-7-17(8-6-16)23-20(25)13-29-21(26)9-4-15-10-18(27-2)12-19(11-15)28-3/h5-8,10-12H,4,9,13H2,1-3H3,(H,22,24)(H,23,25). The van der Waals surface area contributed by atoms with Gasteiger partial charge in [-0.3, -0.25) is 14.4 Å². The lowest BCUT2D eigenvalue weighted by molar-refractivity contribution is -0.147. The maximum Gasteiger partial charge on any atom is 0.306 e. The van der Waals surface area contributed by atoms with Crippen LogP contribution in [0.1, 0.15) is 18.9 Å². The van der Waals surface area contributed by atoms with E-state index in [1.54, 1.807) is 44.6 Å². The first-order valence-electron chi connectivity index (χ1n) is 8.94. The Kier molecular flexibility index (Phi) is 8.02. The molecule has 2 aromatic rings. The molecule has 0 aliphatic carbocycles. The number of hydrogen-bond acceptors (Lipinski definition) is 6. The molecule has 154 valence electrons. The Hall–Kier alpha value is -3.55. The number of carbonyl (C=O) groups is 3. The molecular formula is C21H24N2O6. The zero-order valence-electron chi connectivity index (χ0n) is 16.6. The van der Waals surface area contributed by atoms with Crippen LogP contribution in [-0.4, -0.2) is 38.6 Å². The highest BCUT2D eigenvalue weighted by atomic mass is 16.5. The third-order valence-corrected chi connectivity index (χ3v) is 3.88. The summed E-state index contributed by atoms with van der Waals surface area (Å²) in [7, 11) is 3.11. The molecule has 0 radical (unpaired) electrons. The summed E-state index contributed by atoms with van der Waals surface area (Å²) in [6.45, 7) is 1.03. The van der Waals surface area contributed by atoms with Crippen LogP contribution >= 0.6 is 0 Å². The second kappa shape index (κ2) is 10.7. The summed E-state index contributed by atoms with van der Waals surface area (Å²) < 4.78 is 15.4. The lowest BCUT2D eigenvalue weighted by atomic mass is 10.1. The number of ether oxygens (including phenoxy) is 3.